The smallest absolute Gasteiger partial charge is 0.347 e. The molecule has 0 bridgehead atoms. The van der Waals surface area contributed by atoms with Crippen molar-refractivity contribution in [3.63, 3.8) is 0 Å². The van der Waals surface area contributed by atoms with E-state index in [-0.39, 0.29) is 23.1 Å². The Balaban J connectivity index is 1.85. The fourth-order valence-corrected chi connectivity index (χ4v) is 6.83. The van der Waals surface area contributed by atoms with Crippen molar-refractivity contribution in [2.45, 2.75) is 57.1 Å². The number of thioether (sulfide) groups is 1. The molecule has 11 heteroatoms. The van der Waals surface area contributed by atoms with Gasteiger partial charge in [-0.1, -0.05) is 32.9 Å². The predicted molar refractivity (Wildman–Crippen MR) is 145 cm³/mol. The zero-order valence-electron chi connectivity index (χ0n) is 21.7. The average molecular weight is 562 g/mol. The number of nitrogens with zero attached hydrogens (tertiary/aromatic N) is 2. The largest absolute Gasteiger partial charge is 0.416 e. The second-order valence-electron chi connectivity index (χ2n) is 10.0. The lowest BCUT2D eigenvalue weighted by atomic mass is 9.91. The summed E-state index contributed by atoms with van der Waals surface area (Å²) in [5.41, 5.74) is 16.8. The molecule has 0 saturated heterocycles. The quantitative estimate of drug-likeness (QED) is 0.179. The first kappa shape index (κ1) is 29.5. The standard InChI is InChI=1S/C27H30F3N5OS2/c1-15-12-19(13-16(2)23(15)17-6-8-18(9-7-17)27(28,29)30)37-24(26(3,4)5)20-10-11-21(38-20)25(36)33-14-22(34-31)35-32/h6-13,22,24,31-32H,14H2,1-5H3,(H,33,36). The number of hydrogen-bond acceptors (Lipinski definition) is 7. The summed E-state index contributed by atoms with van der Waals surface area (Å²) in [5, 5.41) is 9.04. The Bertz CT molecular complexity index is 1280. The maximum absolute atomic E-state index is 13.0. The number of thiophene rings is 1. The molecule has 38 heavy (non-hydrogen) atoms. The van der Waals surface area contributed by atoms with Crippen molar-refractivity contribution in [3.05, 3.63) is 75.0 Å². The number of halogens is 3. The van der Waals surface area contributed by atoms with Gasteiger partial charge in [0.25, 0.3) is 5.91 Å². The minimum Gasteiger partial charge on any atom is -0.347 e. The molecule has 0 radical (unpaired) electrons. The van der Waals surface area contributed by atoms with Crippen LogP contribution in [0, 0.1) is 30.3 Å². The van der Waals surface area contributed by atoms with Crippen LogP contribution in [0.15, 0.2) is 63.7 Å². The summed E-state index contributed by atoms with van der Waals surface area (Å²) in [4.78, 5) is 15.2. The highest BCUT2D eigenvalue weighted by atomic mass is 32.2. The van der Waals surface area contributed by atoms with Crippen molar-refractivity contribution >= 4 is 29.0 Å². The summed E-state index contributed by atoms with van der Waals surface area (Å²) >= 11 is 3.08. The summed E-state index contributed by atoms with van der Waals surface area (Å²) in [6.45, 7) is 10.3. The molecule has 1 aromatic heterocycles. The van der Waals surface area contributed by atoms with Gasteiger partial charge in [0, 0.05) is 15.0 Å². The number of amides is 1. The maximum Gasteiger partial charge on any atom is 0.416 e. The van der Waals surface area contributed by atoms with Crippen LogP contribution in [0.25, 0.3) is 11.1 Å². The van der Waals surface area contributed by atoms with E-state index in [0.717, 1.165) is 44.2 Å². The molecule has 1 heterocycles. The lowest BCUT2D eigenvalue weighted by Gasteiger charge is -2.30. The van der Waals surface area contributed by atoms with Crippen molar-refractivity contribution in [3.8, 4) is 11.1 Å². The summed E-state index contributed by atoms with van der Waals surface area (Å²) in [7, 11) is 0. The lowest BCUT2D eigenvalue weighted by molar-refractivity contribution is -0.137. The Kier molecular flexibility index (Phi) is 9.14. The highest BCUT2D eigenvalue weighted by Crippen LogP contribution is 2.50. The van der Waals surface area contributed by atoms with Gasteiger partial charge >= 0.3 is 6.18 Å². The number of hydrogen-bond donors (Lipinski definition) is 3. The third-order valence-corrected chi connectivity index (χ3v) is 8.90. The lowest BCUT2D eigenvalue weighted by Crippen LogP contribution is -2.29. The molecular formula is C27H30F3N5OS2. The topological polar surface area (TPSA) is 102 Å². The summed E-state index contributed by atoms with van der Waals surface area (Å²) in [6, 6.07) is 13.1. The molecule has 0 aliphatic carbocycles. The van der Waals surface area contributed by atoms with Crippen LogP contribution in [0.1, 0.15) is 57.3 Å². The van der Waals surface area contributed by atoms with Gasteiger partial charge in [-0.05, 0) is 77.9 Å². The van der Waals surface area contributed by atoms with Crippen LogP contribution in [-0.4, -0.2) is 18.6 Å². The Labute approximate surface area is 228 Å². The van der Waals surface area contributed by atoms with Crippen LogP contribution in [0.4, 0.5) is 13.2 Å². The van der Waals surface area contributed by atoms with Gasteiger partial charge in [-0.2, -0.15) is 23.4 Å². The molecule has 0 aliphatic rings. The molecule has 0 aliphatic heterocycles. The fraction of sp³-hybridized carbons (Fsp3) is 0.370. The van der Waals surface area contributed by atoms with Gasteiger partial charge in [0.05, 0.1) is 17.0 Å². The number of alkyl halides is 3. The Hall–Kier alpha value is -3.05. The molecule has 2 aromatic carbocycles. The Morgan fingerprint density at radius 2 is 1.58 bits per heavy atom. The number of carbonyl (C=O) groups is 1. The van der Waals surface area contributed by atoms with Crippen LogP contribution >= 0.6 is 23.1 Å². The van der Waals surface area contributed by atoms with Crippen LogP contribution in [0.2, 0.25) is 0 Å². The number of nitrogens with one attached hydrogen (secondary N) is 3. The summed E-state index contributed by atoms with van der Waals surface area (Å²) in [6.07, 6.45) is -5.29. The van der Waals surface area contributed by atoms with Crippen molar-refractivity contribution in [2.24, 2.45) is 15.6 Å². The highest BCUT2D eigenvalue weighted by molar-refractivity contribution is 7.99. The van der Waals surface area contributed by atoms with E-state index in [9.17, 15) is 18.0 Å². The molecule has 1 amide bonds. The minimum atomic E-state index is -4.37. The SMILES string of the molecule is Cc1cc(SC(c2ccc(C(=O)NCC(N=N)N=N)s2)C(C)(C)C)cc(C)c1-c1ccc(C(F)(F)F)cc1. The predicted octanol–water partition coefficient (Wildman–Crippen LogP) is 9.05. The van der Waals surface area contributed by atoms with Crippen LogP contribution in [0.5, 0.6) is 0 Å². The van der Waals surface area contributed by atoms with E-state index in [1.54, 1.807) is 17.8 Å². The first-order valence-corrected chi connectivity index (χ1v) is 13.5. The van der Waals surface area contributed by atoms with Gasteiger partial charge in [0.2, 0.25) is 0 Å². The molecule has 202 valence electrons. The van der Waals surface area contributed by atoms with Gasteiger partial charge in [-0.25, -0.2) is 11.1 Å². The van der Waals surface area contributed by atoms with Gasteiger partial charge < -0.3 is 5.32 Å². The average Bonchev–Trinajstić information content (AvgIpc) is 3.31. The van der Waals surface area contributed by atoms with Crippen molar-refractivity contribution < 1.29 is 18.0 Å². The van der Waals surface area contributed by atoms with Gasteiger partial charge in [0.1, 0.15) is 0 Å². The van der Waals surface area contributed by atoms with Gasteiger partial charge in [0.15, 0.2) is 6.17 Å². The molecular weight excluding hydrogens is 531 g/mol. The van der Waals surface area contributed by atoms with Crippen molar-refractivity contribution in [1.82, 2.24) is 5.32 Å². The second-order valence-corrected chi connectivity index (χ2v) is 12.3. The number of carbonyl (C=O) groups excluding carboxylic acids is 1. The van der Waals surface area contributed by atoms with E-state index in [0.29, 0.717) is 4.88 Å². The van der Waals surface area contributed by atoms with Crippen LogP contribution in [-0.2, 0) is 6.18 Å². The van der Waals surface area contributed by atoms with E-state index in [1.807, 2.05) is 19.9 Å². The summed E-state index contributed by atoms with van der Waals surface area (Å²) < 4.78 is 39.0. The van der Waals surface area contributed by atoms with Gasteiger partial charge in [-0.3, -0.25) is 4.79 Å². The maximum atomic E-state index is 13.0. The zero-order valence-corrected chi connectivity index (χ0v) is 23.4. The molecule has 3 aromatic rings. The number of benzene rings is 2. The van der Waals surface area contributed by atoms with E-state index < -0.39 is 17.9 Å². The normalized spacial score (nSPS) is 13.6. The molecule has 0 saturated carbocycles. The first-order chi connectivity index (χ1) is 17.7. The molecule has 0 spiro atoms. The number of aryl methyl sites for hydroxylation is 2. The molecule has 3 N–H and O–H groups in total. The zero-order chi connectivity index (χ0) is 28.3. The molecule has 0 fully saturated rings. The fourth-order valence-electron chi connectivity index (χ4n) is 4.08. The van der Waals surface area contributed by atoms with Crippen molar-refractivity contribution in [2.75, 3.05) is 6.54 Å². The highest BCUT2D eigenvalue weighted by Gasteiger charge is 2.31. The van der Waals surface area contributed by atoms with E-state index >= 15 is 0 Å². The monoisotopic (exact) mass is 561 g/mol. The first-order valence-electron chi connectivity index (χ1n) is 11.8. The minimum absolute atomic E-state index is 0.0135. The van der Waals surface area contributed by atoms with E-state index in [1.165, 1.54) is 23.5 Å². The third kappa shape index (κ3) is 7.08. The molecule has 6 nitrogen and oxygen atoms in total. The number of rotatable bonds is 9. The van der Waals surface area contributed by atoms with E-state index in [4.69, 9.17) is 11.1 Å². The molecule has 3 rings (SSSR count). The van der Waals surface area contributed by atoms with Crippen LogP contribution < -0.4 is 5.32 Å². The third-order valence-electron chi connectivity index (χ3n) is 5.90. The molecule has 1 atom stereocenters. The van der Waals surface area contributed by atoms with E-state index in [2.05, 4.69) is 48.4 Å². The Morgan fingerprint density at radius 1 is 1.00 bits per heavy atom. The van der Waals surface area contributed by atoms with Crippen molar-refractivity contribution in [1.29, 1.82) is 11.1 Å². The van der Waals surface area contributed by atoms with Gasteiger partial charge in [-0.15, -0.1) is 23.1 Å². The summed E-state index contributed by atoms with van der Waals surface area (Å²) in [5.74, 6) is -0.302. The molecule has 1 unspecified atom stereocenters. The second kappa shape index (κ2) is 11.8. The Morgan fingerprint density at radius 3 is 2.08 bits per heavy atom. The van der Waals surface area contributed by atoms with Crippen LogP contribution in [0.3, 0.4) is 0 Å².